The molecule has 13 heavy (non-hydrogen) atoms. The molecule has 0 aromatic rings. The molecular formula is C9H15NO3. The number of aliphatic carboxylic acids is 1. The van der Waals surface area contributed by atoms with Gasteiger partial charge in [0.15, 0.2) is 0 Å². The van der Waals surface area contributed by atoms with Gasteiger partial charge in [0, 0.05) is 6.61 Å². The molecule has 0 rings (SSSR count). The molecule has 0 bridgehead atoms. The normalized spacial score (nSPS) is 14.5. The summed E-state index contributed by atoms with van der Waals surface area (Å²) in [5.74, 6) is -1.38. The zero-order valence-electron chi connectivity index (χ0n) is 7.99. The van der Waals surface area contributed by atoms with E-state index in [2.05, 4.69) is 0 Å². The van der Waals surface area contributed by atoms with E-state index in [4.69, 9.17) is 15.1 Å². The van der Waals surface area contributed by atoms with Gasteiger partial charge in [-0.2, -0.15) is 5.26 Å². The van der Waals surface area contributed by atoms with Crippen molar-refractivity contribution >= 4 is 5.97 Å². The van der Waals surface area contributed by atoms with E-state index in [1.54, 1.807) is 0 Å². The average molecular weight is 185 g/mol. The van der Waals surface area contributed by atoms with E-state index >= 15 is 0 Å². The van der Waals surface area contributed by atoms with Gasteiger partial charge in [-0.05, 0) is 20.3 Å². The molecule has 4 heteroatoms. The van der Waals surface area contributed by atoms with Crippen molar-refractivity contribution in [2.24, 2.45) is 5.92 Å². The number of carbonyl (C=O) groups is 1. The first-order valence-corrected chi connectivity index (χ1v) is 4.33. The van der Waals surface area contributed by atoms with Gasteiger partial charge in [-0.1, -0.05) is 0 Å². The monoisotopic (exact) mass is 185 g/mol. The fourth-order valence-electron chi connectivity index (χ4n) is 1.15. The molecule has 0 heterocycles. The van der Waals surface area contributed by atoms with Crippen molar-refractivity contribution in [2.75, 3.05) is 6.61 Å². The predicted octanol–water partition coefficient (Wildman–Crippen LogP) is 1.42. The van der Waals surface area contributed by atoms with Crippen molar-refractivity contribution in [1.82, 2.24) is 0 Å². The molecule has 2 atom stereocenters. The minimum absolute atomic E-state index is 0.0472. The Morgan fingerprint density at radius 1 is 1.69 bits per heavy atom. The number of carboxylic acid groups (broad SMARTS) is 1. The van der Waals surface area contributed by atoms with E-state index in [0.717, 1.165) is 0 Å². The van der Waals surface area contributed by atoms with E-state index in [1.165, 1.54) is 0 Å². The van der Waals surface area contributed by atoms with E-state index in [9.17, 15) is 4.79 Å². The molecule has 0 spiro atoms. The maximum Gasteiger partial charge on any atom is 0.304 e. The molecule has 0 amide bonds. The molecular weight excluding hydrogens is 170 g/mol. The molecule has 0 aliphatic rings. The second kappa shape index (κ2) is 6.44. The van der Waals surface area contributed by atoms with Gasteiger partial charge < -0.3 is 9.84 Å². The highest BCUT2D eigenvalue weighted by atomic mass is 16.5. The van der Waals surface area contributed by atoms with Crippen molar-refractivity contribution < 1.29 is 14.6 Å². The summed E-state index contributed by atoms with van der Waals surface area (Å²) in [5, 5.41) is 17.1. The minimum atomic E-state index is -0.935. The fraction of sp³-hybridized carbons (Fsp3) is 0.778. The molecule has 0 radical (unpaired) electrons. The summed E-state index contributed by atoms with van der Waals surface area (Å²) < 4.78 is 5.21. The topological polar surface area (TPSA) is 70.3 Å². The van der Waals surface area contributed by atoms with Crippen LogP contribution in [0.1, 0.15) is 26.7 Å². The van der Waals surface area contributed by atoms with Crippen LogP contribution in [0.2, 0.25) is 0 Å². The van der Waals surface area contributed by atoms with Gasteiger partial charge in [0.1, 0.15) is 0 Å². The Hall–Kier alpha value is -1.08. The molecule has 1 N–H and O–H groups in total. The highest BCUT2D eigenvalue weighted by Gasteiger charge is 2.15. The lowest BCUT2D eigenvalue weighted by Gasteiger charge is -2.13. The molecule has 0 aromatic carbocycles. The van der Waals surface area contributed by atoms with Crippen LogP contribution in [0.15, 0.2) is 0 Å². The smallest absolute Gasteiger partial charge is 0.304 e. The van der Waals surface area contributed by atoms with Crippen molar-refractivity contribution in [3.63, 3.8) is 0 Å². The van der Waals surface area contributed by atoms with Crippen LogP contribution in [0, 0.1) is 17.2 Å². The number of carboxylic acids is 1. The van der Waals surface area contributed by atoms with Crippen molar-refractivity contribution in [3.8, 4) is 6.07 Å². The second-order valence-electron chi connectivity index (χ2n) is 2.93. The van der Waals surface area contributed by atoms with E-state index in [-0.39, 0.29) is 12.5 Å². The Morgan fingerprint density at radius 3 is 2.69 bits per heavy atom. The molecule has 1 unspecified atom stereocenters. The second-order valence-corrected chi connectivity index (χ2v) is 2.93. The standard InChI is InChI=1S/C9H15NO3/c1-3-13-7(2)4-8(6-10)5-9(11)12/h7-8H,3-5H2,1-2H3,(H,11,12)/t7?,8-/m0/s1. The molecule has 0 aromatic heterocycles. The predicted molar refractivity (Wildman–Crippen MR) is 47.1 cm³/mol. The maximum absolute atomic E-state index is 10.3. The van der Waals surface area contributed by atoms with Gasteiger partial charge in [-0.25, -0.2) is 0 Å². The number of rotatable bonds is 6. The van der Waals surface area contributed by atoms with Crippen LogP contribution >= 0.6 is 0 Å². The third-order valence-corrected chi connectivity index (χ3v) is 1.67. The summed E-state index contributed by atoms with van der Waals surface area (Å²) in [6.45, 7) is 4.30. The summed E-state index contributed by atoms with van der Waals surface area (Å²) in [6, 6.07) is 1.96. The van der Waals surface area contributed by atoms with Crippen molar-refractivity contribution in [1.29, 1.82) is 5.26 Å². The van der Waals surface area contributed by atoms with Crippen LogP contribution in [0.5, 0.6) is 0 Å². The molecule has 0 saturated heterocycles. The van der Waals surface area contributed by atoms with Crippen LogP contribution in [-0.4, -0.2) is 23.8 Å². The van der Waals surface area contributed by atoms with E-state index in [0.29, 0.717) is 13.0 Å². The highest BCUT2D eigenvalue weighted by molar-refractivity contribution is 5.67. The number of nitrogens with zero attached hydrogens (tertiary/aromatic N) is 1. The largest absolute Gasteiger partial charge is 0.481 e. The van der Waals surface area contributed by atoms with Crippen LogP contribution in [0.3, 0.4) is 0 Å². The Labute approximate surface area is 78.1 Å². The van der Waals surface area contributed by atoms with Gasteiger partial charge in [0.05, 0.1) is 24.5 Å². The lowest BCUT2D eigenvalue weighted by molar-refractivity contribution is -0.137. The van der Waals surface area contributed by atoms with Gasteiger partial charge in [0.25, 0.3) is 0 Å². The molecule has 0 aliphatic heterocycles. The van der Waals surface area contributed by atoms with Gasteiger partial charge in [0.2, 0.25) is 0 Å². The summed E-state index contributed by atoms with van der Waals surface area (Å²) >= 11 is 0. The fourth-order valence-corrected chi connectivity index (χ4v) is 1.15. The summed E-state index contributed by atoms with van der Waals surface area (Å²) in [4.78, 5) is 10.3. The van der Waals surface area contributed by atoms with Gasteiger partial charge >= 0.3 is 5.97 Å². The Kier molecular flexibility index (Phi) is 5.90. The zero-order chi connectivity index (χ0) is 10.3. The lowest BCUT2D eigenvalue weighted by atomic mass is 10.0. The third kappa shape index (κ3) is 6.12. The number of nitriles is 1. The first-order valence-electron chi connectivity index (χ1n) is 4.33. The first-order chi connectivity index (χ1) is 6.10. The highest BCUT2D eigenvalue weighted by Crippen LogP contribution is 2.12. The van der Waals surface area contributed by atoms with Crippen LogP contribution < -0.4 is 0 Å². The average Bonchev–Trinajstić information content (AvgIpc) is 2.02. The number of hydrogen-bond donors (Lipinski definition) is 1. The van der Waals surface area contributed by atoms with E-state index in [1.807, 2.05) is 19.9 Å². The number of ether oxygens (including phenoxy) is 1. The van der Waals surface area contributed by atoms with Crippen LogP contribution in [0.25, 0.3) is 0 Å². The molecule has 0 fully saturated rings. The Bertz CT molecular complexity index is 198. The van der Waals surface area contributed by atoms with Gasteiger partial charge in [-0.3, -0.25) is 4.79 Å². The summed E-state index contributed by atoms with van der Waals surface area (Å²) in [7, 11) is 0. The van der Waals surface area contributed by atoms with E-state index < -0.39 is 11.9 Å². The van der Waals surface area contributed by atoms with Crippen molar-refractivity contribution in [3.05, 3.63) is 0 Å². The van der Waals surface area contributed by atoms with Gasteiger partial charge in [-0.15, -0.1) is 0 Å². The summed E-state index contributed by atoms with van der Waals surface area (Å²) in [5.41, 5.74) is 0. The first kappa shape index (κ1) is 11.9. The maximum atomic E-state index is 10.3. The molecule has 0 saturated carbocycles. The van der Waals surface area contributed by atoms with Crippen LogP contribution in [0.4, 0.5) is 0 Å². The quantitative estimate of drug-likeness (QED) is 0.679. The third-order valence-electron chi connectivity index (χ3n) is 1.67. The van der Waals surface area contributed by atoms with Crippen LogP contribution in [-0.2, 0) is 9.53 Å². The molecule has 74 valence electrons. The number of hydrogen-bond acceptors (Lipinski definition) is 3. The summed E-state index contributed by atoms with van der Waals surface area (Å²) in [6.07, 6.45) is 0.332. The Balaban J connectivity index is 3.84. The van der Waals surface area contributed by atoms with Crippen molar-refractivity contribution in [2.45, 2.75) is 32.8 Å². The molecule has 4 nitrogen and oxygen atoms in total. The Morgan fingerprint density at radius 2 is 2.31 bits per heavy atom. The molecule has 0 aliphatic carbocycles. The SMILES string of the molecule is CCOC(C)C[C@H](C#N)CC(=O)O. The minimum Gasteiger partial charge on any atom is -0.481 e. The zero-order valence-corrected chi connectivity index (χ0v) is 7.99. The lowest BCUT2D eigenvalue weighted by Crippen LogP contribution is -2.15.